The van der Waals surface area contributed by atoms with Gasteiger partial charge in [-0.05, 0) is 17.7 Å². The van der Waals surface area contributed by atoms with Gasteiger partial charge in [0.15, 0.2) is 0 Å². The van der Waals surface area contributed by atoms with E-state index in [0.717, 1.165) is 5.56 Å². The van der Waals surface area contributed by atoms with Gasteiger partial charge in [0, 0.05) is 17.6 Å². The second kappa shape index (κ2) is 4.30. The first-order valence-corrected chi connectivity index (χ1v) is 4.25. The van der Waals surface area contributed by atoms with Gasteiger partial charge in [0.05, 0.1) is 6.61 Å². The Morgan fingerprint density at radius 2 is 2.31 bits per heavy atom. The van der Waals surface area contributed by atoms with Crippen molar-refractivity contribution < 1.29 is 4.74 Å². The van der Waals surface area contributed by atoms with Crippen LogP contribution in [0.15, 0.2) is 23.1 Å². The number of nitrogens with one attached hydrogen (secondary N) is 1. The Labute approximate surface area is 82.8 Å². The van der Waals surface area contributed by atoms with Crippen LogP contribution in [-0.4, -0.2) is 12.9 Å². The number of ether oxygens (including phenoxy) is 1. The van der Waals surface area contributed by atoms with Crippen LogP contribution in [0.3, 0.4) is 0 Å². The van der Waals surface area contributed by atoms with Gasteiger partial charge in [-0.15, -0.1) is 12.6 Å². The minimum atomic E-state index is 0.0305. The highest BCUT2D eigenvalue weighted by molar-refractivity contribution is 7.80. The lowest BCUT2D eigenvalue weighted by molar-refractivity contribution is 0.185. The van der Waals surface area contributed by atoms with E-state index in [0.29, 0.717) is 17.1 Å². The first-order chi connectivity index (χ1) is 6.15. The molecule has 4 heteroatoms. The van der Waals surface area contributed by atoms with Crippen molar-refractivity contribution >= 4 is 18.5 Å². The smallest absolute Gasteiger partial charge is 0.123 e. The number of rotatable bonds is 3. The highest BCUT2D eigenvalue weighted by Gasteiger charge is 2.03. The van der Waals surface area contributed by atoms with Gasteiger partial charge < -0.3 is 10.5 Å². The van der Waals surface area contributed by atoms with E-state index in [1.54, 1.807) is 7.11 Å². The summed E-state index contributed by atoms with van der Waals surface area (Å²) < 4.78 is 4.97. The standard InChI is InChI=1S/C9H12N2OS/c1-12-5-6-2-3-8(13)7(4-6)9(10)11/h2-4,13H,5H2,1H3,(H3,10,11). The average Bonchev–Trinajstić information content (AvgIpc) is 2.08. The summed E-state index contributed by atoms with van der Waals surface area (Å²) in [7, 11) is 1.63. The second-order valence-electron chi connectivity index (χ2n) is 2.70. The molecule has 3 nitrogen and oxygen atoms in total. The molecule has 1 aromatic rings. The number of nitrogen functional groups attached to an aromatic ring is 1. The van der Waals surface area contributed by atoms with E-state index in [1.807, 2.05) is 18.2 Å². The number of hydrogen-bond acceptors (Lipinski definition) is 3. The van der Waals surface area contributed by atoms with Crippen molar-refractivity contribution in [2.24, 2.45) is 5.73 Å². The fourth-order valence-corrected chi connectivity index (χ4v) is 1.31. The molecule has 0 aliphatic heterocycles. The van der Waals surface area contributed by atoms with Crippen LogP contribution in [0.25, 0.3) is 0 Å². The Morgan fingerprint density at radius 3 is 2.85 bits per heavy atom. The molecule has 0 saturated heterocycles. The van der Waals surface area contributed by atoms with Crippen LogP contribution in [0, 0.1) is 5.41 Å². The SMILES string of the molecule is COCc1ccc(S)c(C(=N)N)c1. The van der Waals surface area contributed by atoms with Gasteiger partial charge >= 0.3 is 0 Å². The van der Waals surface area contributed by atoms with E-state index < -0.39 is 0 Å². The zero-order valence-corrected chi connectivity index (χ0v) is 8.27. The molecular formula is C9H12N2OS. The van der Waals surface area contributed by atoms with Crippen LogP contribution in [0.5, 0.6) is 0 Å². The van der Waals surface area contributed by atoms with E-state index in [1.165, 1.54) is 0 Å². The van der Waals surface area contributed by atoms with Crippen molar-refractivity contribution in [2.45, 2.75) is 11.5 Å². The second-order valence-corrected chi connectivity index (χ2v) is 3.18. The predicted molar refractivity (Wildman–Crippen MR) is 55.4 cm³/mol. The van der Waals surface area contributed by atoms with Crippen LogP contribution in [0.4, 0.5) is 0 Å². The highest BCUT2D eigenvalue weighted by Crippen LogP contribution is 2.15. The van der Waals surface area contributed by atoms with Gasteiger partial charge in [0.1, 0.15) is 5.84 Å². The van der Waals surface area contributed by atoms with Gasteiger partial charge in [-0.25, -0.2) is 0 Å². The zero-order chi connectivity index (χ0) is 9.84. The molecule has 0 bridgehead atoms. The molecule has 0 amide bonds. The number of amidine groups is 1. The average molecular weight is 196 g/mol. The predicted octanol–water partition coefficient (Wildman–Crippen LogP) is 1.41. The summed E-state index contributed by atoms with van der Waals surface area (Å²) in [5.41, 5.74) is 7.02. The molecule has 0 heterocycles. The molecule has 0 aliphatic carbocycles. The maximum Gasteiger partial charge on any atom is 0.123 e. The van der Waals surface area contributed by atoms with Crippen LogP contribution < -0.4 is 5.73 Å². The Kier molecular flexibility index (Phi) is 3.33. The molecule has 0 aliphatic rings. The van der Waals surface area contributed by atoms with Crippen molar-refractivity contribution in [2.75, 3.05) is 7.11 Å². The molecule has 0 fully saturated rings. The van der Waals surface area contributed by atoms with Crippen molar-refractivity contribution in [3.63, 3.8) is 0 Å². The fourth-order valence-electron chi connectivity index (χ4n) is 1.06. The summed E-state index contributed by atoms with van der Waals surface area (Å²) in [5, 5.41) is 7.29. The lowest BCUT2D eigenvalue weighted by Crippen LogP contribution is -2.12. The molecule has 3 N–H and O–H groups in total. The summed E-state index contributed by atoms with van der Waals surface area (Å²) in [4.78, 5) is 0.715. The lowest BCUT2D eigenvalue weighted by atomic mass is 10.1. The Balaban J connectivity index is 3.04. The molecule has 70 valence electrons. The molecule has 0 spiro atoms. The largest absolute Gasteiger partial charge is 0.384 e. The van der Waals surface area contributed by atoms with Gasteiger partial charge in [-0.1, -0.05) is 6.07 Å². The van der Waals surface area contributed by atoms with Crippen molar-refractivity contribution in [3.8, 4) is 0 Å². The van der Waals surface area contributed by atoms with E-state index in [2.05, 4.69) is 12.6 Å². The lowest BCUT2D eigenvalue weighted by Gasteiger charge is -2.05. The summed E-state index contributed by atoms with van der Waals surface area (Å²) in [6, 6.07) is 5.53. The summed E-state index contributed by atoms with van der Waals surface area (Å²) >= 11 is 4.19. The minimum absolute atomic E-state index is 0.0305. The third kappa shape index (κ3) is 2.47. The van der Waals surface area contributed by atoms with Crippen molar-refractivity contribution in [3.05, 3.63) is 29.3 Å². The van der Waals surface area contributed by atoms with Gasteiger partial charge in [0.25, 0.3) is 0 Å². The maximum atomic E-state index is 7.29. The van der Waals surface area contributed by atoms with Crippen molar-refractivity contribution in [1.82, 2.24) is 0 Å². The maximum absolute atomic E-state index is 7.29. The van der Waals surface area contributed by atoms with Crippen LogP contribution in [-0.2, 0) is 11.3 Å². The van der Waals surface area contributed by atoms with Crippen molar-refractivity contribution in [1.29, 1.82) is 5.41 Å². The van der Waals surface area contributed by atoms with Gasteiger partial charge in [0.2, 0.25) is 0 Å². The molecule has 0 saturated carbocycles. The number of hydrogen-bond donors (Lipinski definition) is 3. The molecular weight excluding hydrogens is 184 g/mol. The minimum Gasteiger partial charge on any atom is -0.384 e. The monoisotopic (exact) mass is 196 g/mol. The molecule has 0 atom stereocenters. The Hall–Kier alpha value is -1.00. The van der Waals surface area contributed by atoms with E-state index in [9.17, 15) is 0 Å². The summed E-state index contributed by atoms with van der Waals surface area (Å²) in [6.07, 6.45) is 0. The Bertz CT molecular complexity index is 325. The highest BCUT2D eigenvalue weighted by atomic mass is 32.1. The molecule has 1 rings (SSSR count). The molecule has 0 unspecified atom stereocenters. The van der Waals surface area contributed by atoms with E-state index >= 15 is 0 Å². The number of thiol groups is 1. The number of benzene rings is 1. The molecule has 0 radical (unpaired) electrons. The third-order valence-corrected chi connectivity index (χ3v) is 2.05. The number of methoxy groups -OCH3 is 1. The first-order valence-electron chi connectivity index (χ1n) is 3.80. The quantitative estimate of drug-likeness (QED) is 0.389. The Morgan fingerprint density at radius 1 is 1.62 bits per heavy atom. The first kappa shape index (κ1) is 10.1. The summed E-state index contributed by atoms with van der Waals surface area (Å²) in [5.74, 6) is 0.0305. The summed E-state index contributed by atoms with van der Waals surface area (Å²) in [6.45, 7) is 0.522. The van der Waals surface area contributed by atoms with E-state index in [4.69, 9.17) is 15.9 Å². The zero-order valence-electron chi connectivity index (χ0n) is 7.37. The van der Waals surface area contributed by atoms with Crippen LogP contribution in [0.1, 0.15) is 11.1 Å². The topological polar surface area (TPSA) is 59.1 Å². The third-order valence-electron chi connectivity index (χ3n) is 1.66. The van der Waals surface area contributed by atoms with Crippen LogP contribution >= 0.6 is 12.6 Å². The molecule has 0 aromatic heterocycles. The normalized spacial score (nSPS) is 10.0. The van der Waals surface area contributed by atoms with E-state index in [-0.39, 0.29) is 5.84 Å². The molecule has 13 heavy (non-hydrogen) atoms. The fraction of sp³-hybridized carbons (Fsp3) is 0.222. The molecule has 1 aromatic carbocycles. The van der Waals surface area contributed by atoms with Gasteiger partial charge in [-0.3, -0.25) is 5.41 Å². The van der Waals surface area contributed by atoms with Gasteiger partial charge in [-0.2, -0.15) is 0 Å². The van der Waals surface area contributed by atoms with Crippen LogP contribution in [0.2, 0.25) is 0 Å². The number of nitrogens with two attached hydrogens (primary N) is 1.